The molecule has 1 heterocycles. The van der Waals surface area contributed by atoms with E-state index in [-0.39, 0.29) is 17.2 Å². The van der Waals surface area contributed by atoms with Crippen molar-refractivity contribution in [2.45, 2.75) is 26.3 Å². The van der Waals surface area contributed by atoms with Crippen molar-refractivity contribution in [1.82, 2.24) is 0 Å². The molecule has 0 unspecified atom stereocenters. The molecule has 1 aromatic heterocycles. The van der Waals surface area contributed by atoms with Crippen molar-refractivity contribution in [3.05, 3.63) is 73.7 Å². The Morgan fingerprint density at radius 3 is 2.52 bits per heavy atom. The van der Waals surface area contributed by atoms with Crippen molar-refractivity contribution in [3.63, 3.8) is 0 Å². The first-order chi connectivity index (χ1) is 12.0. The minimum Gasteiger partial charge on any atom is -0.440 e. The molecule has 25 heavy (non-hydrogen) atoms. The molecule has 3 rings (SSSR count). The Bertz CT molecular complexity index is 978. The van der Waals surface area contributed by atoms with Crippen LogP contribution >= 0.6 is 11.6 Å². The van der Waals surface area contributed by atoms with Gasteiger partial charge >= 0.3 is 0 Å². The number of fused-ring (bicyclic) bond motifs is 1. The van der Waals surface area contributed by atoms with Crippen molar-refractivity contribution in [2.75, 3.05) is 5.32 Å². The van der Waals surface area contributed by atoms with Gasteiger partial charge in [-0.05, 0) is 48.9 Å². The zero-order valence-corrected chi connectivity index (χ0v) is 14.6. The van der Waals surface area contributed by atoms with Crippen LogP contribution in [0.15, 0.2) is 56.9 Å². The number of anilines is 1. The van der Waals surface area contributed by atoms with E-state index in [1.165, 1.54) is 12.1 Å². The van der Waals surface area contributed by atoms with Crippen LogP contribution in [0.3, 0.4) is 0 Å². The summed E-state index contributed by atoms with van der Waals surface area (Å²) in [5.41, 5.74) is 1.92. The van der Waals surface area contributed by atoms with Crippen molar-refractivity contribution in [3.8, 4) is 0 Å². The van der Waals surface area contributed by atoms with Crippen LogP contribution in [0.5, 0.6) is 0 Å². The first-order valence-corrected chi connectivity index (χ1v) is 8.30. The van der Waals surface area contributed by atoms with Gasteiger partial charge in [0.15, 0.2) is 5.43 Å². The van der Waals surface area contributed by atoms with Gasteiger partial charge in [-0.1, -0.05) is 23.7 Å². The van der Waals surface area contributed by atoms with E-state index in [2.05, 4.69) is 10.5 Å². The summed E-state index contributed by atoms with van der Waals surface area (Å²) in [5, 5.41) is 7.13. The van der Waals surface area contributed by atoms with Gasteiger partial charge in [0.2, 0.25) is 5.88 Å². The van der Waals surface area contributed by atoms with Crippen molar-refractivity contribution < 1.29 is 4.42 Å². The van der Waals surface area contributed by atoms with Gasteiger partial charge in [-0.2, -0.15) is 0 Å². The summed E-state index contributed by atoms with van der Waals surface area (Å²) >= 11 is 5.93. The first kappa shape index (κ1) is 17.2. The average Bonchev–Trinajstić information content (AvgIpc) is 2.59. The smallest absolute Gasteiger partial charge is 0.201 e. The summed E-state index contributed by atoms with van der Waals surface area (Å²) in [4.78, 5) is 23.7. The van der Waals surface area contributed by atoms with Crippen molar-refractivity contribution in [2.24, 2.45) is 5.18 Å². The predicted molar refractivity (Wildman–Crippen MR) is 101 cm³/mol. The van der Waals surface area contributed by atoms with Crippen LogP contribution in [0.25, 0.3) is 11.0 Å². The summed E-state index contributed by atoms with van der Waals surface area (Å²) < 4.78 is 5.89. The van der Waals surface area contributed by atoms with E-state index in [1.807, 2.05) is 26.0 Å². The third kappa shape index (κ3) is 3.72. The molecule has 3 aromatic rings. The molecule has 0 aliphatic heterocycles. The van der Waals surface area contributed by atoms with Gasteiger partial charge in [0.1, 0.15) is 11.3 Å². The maximum absolute atomic E-state index is 13.0. The highest BCUT2D eigenvalue weighted by atomic mass is 35.5. The van der Waals surface area contributed by atoms with Gasteiger partial charge < -0.3 is 9.73 Å². The molecule has 5 nitrogen and oxygen atoms in total. The van der Waals surface area contributed by atoms with E-state index >= 15 is 0 Å². The van der Waals surface area contributed by atoms with Crippen molar-refractivity contribution >= 4 is 34.1 Å². The van der Waals surface area contributed by atoms with E-state index in [1.54, 1.807) is 18.2 Å². The molecule has 0 aliphatic carbocycles. The molecule has 0 saturated heterocycles. The fourth-order valence-corrected chi connectivity index (χ4v) is 2.75. The lowest BCUT2D eigenvalue weighted by molar-refractivity contribution is 0.599. The Balaban J connectivity index is 2.16. The number of rotatable bonds is 5. The van der Waals surface area contributed by atoms with E-state index < -0.39 is 0 Å². The monoisotopic (exact) mass is 356 g/mol. The van der Waals surface area contributed by atoms with Crippen LogP contribution in [0.4, 0.5) is 11.6 Å². The molecule has 0 spiro atoms. The van der Waals surface area contributed by atoms with E-state index in [0.717, 1.165) is 5.56 Å². The second-order valence-electron chi connectivity index (χ2n) is 6.11. The quantitative estimate of drug-likeness (QED) is 0.633. The molecule has 6 heteroatoms. The minimum atomic E-state index is -0.128. The van der Waals surface area contributed by atoms with E-state index in [0.29, 0.717) is 33.9 Å². The molecule has 2 aromatic carbocycles. The van der Waals surface area contributed by atoms with Crippen LogP contribution in [-0.4, -0.2) is 6.04 Å². The lowest BCUT2D eigenvalue weighted by Crippen LogP contribution is -2.18. The van der Waals surface area contributed by atoms with Crippen LogP contribution in [-0.2, 0) is 6.42 Å². The number of halogens is 1. The first-order valence-electron chi connectivity index (χ1n) is 7.92. The minimum absolute atomic E-state index is 0.0805. The Labute approximate surface area is 149 Å². The molecule has 0 fully saturated rings. The van der Waals surface area contributed by atoms with Crippen LogP contribution < -0.4 is 10.7 Å². The summed E-state index contributed by atoms with van der Waals surface area (Å²) in [5.74, 6) is 0.408. The molecule has 0 saturated carbocycles. The Morgan fingerprint density at radius 2 is 1.88 bits per heavy atom. The number of hydrogen-bond donors (Lipinski definition) is 1. The summed E-state index contributed by atoms with van der Waals surface area (Å²) in [6.07, 6.45) is 0.415. The summed E-state index contributed by atoms with van der Waals surface area (Å²) in [6.45, 7) is 3.92. The maximum atomic E-state index is 13.0. The summed E-state index contributed by atoms with van der Waals surface area (Å²) in [6, 6.07) is 12.0. The van der Waals surface area contributed by atoms with Gasteiger partial charge in [-0.25, -0.2) is 0 Å². The zero-order chi connectivity index (χ0) is 18.0. The Morgan fingerprint density at radius 1 is 1.16 bits per heavy atom. The van der Waals surface area contributed by atoms with Crippen LogP contribution in [0.1, 0.15) is 25.0 Å². The fourth-order valence-electron chi connectivity index (χ4n) is 2.62. The maximum Gasteiger partial charge on any atom is 0.201 e. The molecule has 0 radical (unpaired) electrons. The molecule has 1 N–H and O–H groups in total. The van der Waals surface area contributed by atoms with E-state index in [4.69, 9.17) is 16.0 Å². The van der Waals surface area contributed by atoms with Crippen molar-refractivity contribution in [1.29, 1.82) is 0 Å². The highest BCUT2D eigenvalue weighted by Crippen LogP contribution is 2.26. The number of nitrogens with zero attached hydrogens (tertiary/aromatic N) is 1. The molecule has 0 aliphatic rings. The van der Waals surface area contributed by atoms with Gasteiger partial charge in [-0.15, -0.1) is 4.91 Å². The summed E-state index contributed by atoms with van der Waals surface area (Å²) in [7, 11) is 0. The van der Waals surface area contributed by atoms with Crippen LogP contribution in [0.2, 0.25) is 5.02 Å². The second-order valence-corrected chi connectivity index (χ2v) is 6.55. The molecular weight excluding hydrogens is 340 g/mol. The van der Waals surface area contributed by atoms with E-state index in [9.17, 15) is 9.70 Å². The zero-order valence-electron chi connectivity index (χ0n) is 13.9. The molecule has 0 atom stereocenters. The highest BCUT2D eigenvalue weighted by Gasteiger charge is 2.16. The van der Waals surface area contributed by atoms with Gasteiger partial charge in [0.25, 0.3) is 0 Å². The topological polar surface area (TPSA) is 71.7 Å². The number of benzene rings is 2. The average molecular weight is 357 g/mol. The molecule has 0 amide bonds. The van der Waals surface area contributed by atoms with Gasteiger partial charge in [0.05, 0.1) is 10.9 Å². The predicted octanol–water partition coefficient (Wildman–Crippen LogP) is 5.26. The van der Waals surface area contributed by atoms with Gasteiger partial charge in [0, 0.05) is 23.6 Å². The highest BCUT2D eigenvalue weighted by molar-refractivity contribution is 6.30. The third-order valence-electron chi connectivity index (χ3n) is 3.79. The second kappa shape index (κ2) is 7.07. The van der Waals surface area contributed by atoms with Crippen LogP contribution in [0, 0.1) is 4.91 Å². The number of nitrogens with one attached hydrogen (secondary N) is 1. The fraction of sp³-hybridized carbons (Fsp3) is 0.211. The lowest BCUT2D eigenvalue weighted by Gasteiger charge is -2.14. The molecule has 128 valence electrons. The van der Waals surface area contributed by atoms with Gasteiger partial charge in [-0.3, -0.25) is 4.79 Å². The lowest BCUT2D eigenvalue weighted by atomic mass is 10.0. The normalized spacial score (nSPS) is 11.0. The largest absolute Gasteiger partial charge is 0.440 e. The number of nitroso groups, excluding NO2 is 1. The SMILES string of the molecule is CC(C)Nc1oc2cc(N=O)ccc2c(=O)c1Cc1ccc(Cl)cc1. The Kier molecular flexibility index (Phi) is 4.86. The Hall–Kier alpha value is -2.66. The molecular formula is C19H17ClN2O3. The third-order valence-corrected chi connectivity index (χ3v) is 4.04. The standard InChI is InChI=1S/C19H17ClN2O3/c1-11(2)21-19-16(9-12-3-5-13(20)6-4-12)18(23)15-8-7-14(22-24)10-17(15)25-19/h3-8,10-11,21H,9H2,1-2H3. The number of hydrogen-bond acceptors (Lipinski definition) is 5. The molecule has 0 bridgehead atoms.